The van der Waals surface area contributed by atoms with Gasteiger partial charge in [0.2, 0.25) is 0 Å². The maximum Gasteiger partial charge on any atom is 0.353 e. The van der Waals surface area contributed by atoms with Gasteiger partial charge in [-0.15, -0.1) is 0 Å². The van der Waals surface area contributed by atoms with Gasteiger partial charge in [-0.2, -0.15) is 0 Å². The minimum absolute atomic E-state index is 0.949. The van der Waals surface area contributed by atoms with Crippen molar-refractivity contribution in [3.63, 3.8) is 0 Å². The van der Waals surface area contributed by atoms with Gasteiger partial charge in [-0.25, -0.2) is 0 Å². The van der Waals surface area contributed by atoms with E-state index in [2.05, 4.69) is 6.92 Å². The van der Waals surface area contributed by atoms with Gasteiger partial charge < -0.3 is 9.05 Å². The molecule has 17 heavy (non-hydrogen) atoms. The van der Waals surface area contributed by atoms with Crippen LogP contribution in [0.1, 0.15) is 58.3 Å². The Kier molecular flexibility index (Phi) is 10.9. The first-order chi connectivity index (χ1) is 8.18. The van der Waals surface area contributed by atoms with Gasteiger partial charge in [0.15, 0.2) is 0 Å². The minimum atomic E-state index is -2.93. The molecule has 0 N–H and O–H groups in total. The highest BCUT2D eigenvalue weighted by Gasteiger charge is 2.14. The molecule has 0 saturated heterocycles. The number of allylic oxidation sites excluding steroid dienone is 1. The smallest absolute Gasteiger partial charge is 0.309 e. The molecule has 102 valence electrons. The Labute approximate surface area is 106 Å². The lowest BCUT2D eigenvalue weighted by atomic mass is 10.1. The fraction of sp³-hybridized carbons (Fsp3) is 0.846. The summed E-state index contributed by atoms with van der Waals surface area (Å²) in [5.41, 5.74) is 0. The van der Waals surface area contributed by atoms with E-state index in [1.807, 2.05) is 6.08 Å². The van der Waals surface area contributed by atoms with Crippen molar-refractivity contribution < 1.29 is 13.6 Å². The standard InChI is InChI=1S/C13H27O3P/c1-4-5-6-7-8-9-10-11-12-13-17(14,15-2)16-3/h12-13H,4-11H2,1-3H3/b13-12+. The molecule has 0 amide bonds. The molecule has 0 aliphatic heterocycles. The molecule has 0 spiro atoms. The van der Waals surface area contributed by atoms with Gasteiger partial charge >= 0.3 is 7.60 Å². The molecule has 4 heteroatoms. The van der Waals surface area contributed by atoms with E-state index in [-0.39, 0.29) is 0 Å². The Hall–Kier alpha value is -0.110. The second kappa shape index (κ2) is 11.0. The molecule has 0 rings (SSSR count). The highest BCUT2D eigenvalue weighted by molar-refractivity contribution is 7.57. The third-order valence-corrected chi connectivity index (χ3v) is 4.37. The maximum atomic E-state index is 11.6. The van der Waals surface area contributed by atoms with Gasteiger partial charge in [0.25, 0.3) is 0 Å². The van der Waals surface area contributed by atoms with E-state index in [1.54, 1.807) is 5.82 Å². The molecule has 0 aromatic rings. The molecule has 0 heterocycles. The Bertz CT molecular complexity index is 231. The normalized spacial score (nSPS) is 12.4. The summed E-state index contributed by atoms with van der Waals surface area (Å²) in [7, 11) is -0.122. The van der Waals surface area contributed by atoms with E-state index in [9.17, 15) is 4.57 Å². The van der Waals surface area contributed by atoms with Crippen LogP contribution in [0, 0.1) is 0 Å². The van der Waals surface area contributed by atoms with Crippen LogP contribution in [0.25, 0.3) is 0 Å². The van der Waals surface area contributed by atoms with Crippen LogP contribution in [0.2, 0.25) is 0 Å². The summed E-state index contributed by atoms with van der Waals surface area (Å²) in [6, 6.07) is 0. The molecule has 0 aromatic heterocycles. The molecule has 0 saturated carbocycles. The van der Waals surface area contributed by atoms with Gasteiger partial charge in [-0.3, -0.25) is 4.57 Å². The fourth-order valence-corrected chi connectivity index (χ4v) is 2.42. The van der Waals surface area contributed by atoms with Crippen LogP contribution in [0.4, 0.5) is 0 Å². The van der Waals surface area contributed by atoms with Crippen LogP contribution in [0.3, 0.4) is 0 Å². The number of hydrogen-bond donors (Lipinski definition) is 0. The van der Waals surface area contributed by atoms with Crippen LogP contribution in [-0.4, -0.2) is 14.2 Å². The second-order valence-electron chi connectivity index (χ2n) is 4.20. The van der Waals surface area contributed by atoms with E-state index >= 15 is 0 Å². The molecule has 0 aliphatic carbocycles. The van der Waals surface area contributed by atoms with Crippen molar-refractivity contribution in [2.75, 3.05) is 14.2 Å². The molecule has 0 radical (unpaired) electrons. The van der Waals surface area contributed by atoms with E-state index in [4.69, 9.17) is 9.05 Å². The monoisotopic (exact) mass is 262 g/mol. The SMILES string of the molecule is CCCCCCCCC/C=C/P(=O)(OC)OC. The second-order valence-corrected chi connectivity index (χ2v) is 6.31. The van der Waals surface area contributed by atoms with Crippen molar-refractivity contribution in [3.8, 4) is 0 Å². The first-order valence-electron chi connectivity index (χ1n) is 6.57. The highest BCUT2D eigenvalue weighted by atomic mass is 31.2. The average molecular weight is 262 g/mol. The van der Waals surface area contributed by atoms with Crippen LogP contribution in [0.5, 0.6) is 0 Å². The summed E-state index contributed by atoms with van der Waals surface area (Å²) in [5.74, 6) is 1.56. The number of hydrogen-bond acceptors (Lipinski definition) is 3. The predicted molar refractivity (Wildman–Crippen MR) is 73.4 cm³/mol. The molecule has 0 aromatic carbocycles. The molecule has 0 fully saturated rings. The van der Waals surface area contributed by atoms with E-state index in [1.165, 1.54) is 52.7 Å². The zero-order valence-electron chi connectivity index (χ0n) is 11.5. The number of unbranched alkanes of at least 4 members (excludes halogenated alkanes) is 7. The van der Waals surface area contributed by atoms with Crippen LogP contribution < -0.4 is 0 Å². The Morgan fingerprint density at radius 2 is 1.47 bits per heavy atom. The van der Waals surface area contributed by atoms with Crippen molar-refractivity contribution in [2.45, 2.75) is 58.3 Å². The molecule has 0 unspecified atom stereocenters. The van der Waals surface area contributed by atoms with Gasteiger partial charge in [0, 0.05) is 20.0 Å². The summed E-state index contributed by atoms with van der Waals surface area (Å²) < 4.78 is 21.2. The summed E-state index contributed by atoms with van der Waals surface area (Å²) in [6.45, 7) is 2.23. The molecule has 3 nitrogen and oxygen atoms in total. The summed E-state index contributed by atoms with van der Waals surface area (Å²) >= 11 is 0. The van der Waals surface area contributed by atoms with E-state index in [0.29, 0.717) is 0 Å². The Morgan fingerprint density at radius 3 is 2.00 bits per heavy atom. The van der Waals surface area contributed by atoms with E-state index < -0.39 is 7.60 Å². The summed E-state index contributed by atoms with van der Waals surface area (Å²) in [5, 5.41) is 0. The largest absolute Gasteiger partial charge is 0.353 e. The third-order valence-electron chi connectivity index (χ3n) is 2.77. The van der Waals surface area contributed by atoms with Gasteiger partial charge in [-0.1, -0.05) is 51.5 Å². The summed E-state index contributed by atoms with van der Waals surface area (Å²) in [6.07, 6.45) is 11.9. The van der Waals surface area contributed by atoms with Crippen molar-refractivity contribution in [1.29, 1.82) is 0 Å². The quantitative estimate of drug-likeness (QED) is 0.382. The molecular weight excluding hydrogens is 235 g/mol. The van der Waals surface area contributed by atoms with Crippen molar-refractivity contribution >= 4 is 7.60 Å². The lowest BCUT2D eigenvalue weighted by molar-refractivity contribution is 0.286. The first kappa shape index (κ1) is 16.9. The van der Waals surface area contributed by atoms with Crippen molar-refractivity contribution in [1.82, 2.24) is 0 Å². The van der Waals surface area contributed by atoms with Gasteiger partial charge in [0.05, 0.1) is 0 Å². The van der Waals surface area contributed by atoms with Crippen LogP contribution in [-0.2, 0) is 13.6 Å². The Morgan fingerprint density at radius 1 is 0.941 bits per heavy atom. The molecule has 0 bridgehead atoms. The van der Waals surface area contributed by atoms with Crippen molar-refractivity contribution in [2.24, 2.45) is 0 Å². The van der Waals surface area contributed by atoms with Gasteiger partial charge in [0.1, 0.15) is 0 Å². The molecular formula is C13H27O3P. The maximum absolute atomic E-state index is 11.6. The minimum Gasteiger partial charge on any atom is -0.309 e. The summed E-state index contributed by atoms with van der Waals surface area (Å²) in [4.78, 5) is 0. The van der Waals surface area contributed by atoms with Crippen molar-refractivity contribution in [3.05, 3.63) is 11.9 Å². The lowest BCUT2D eigenvalue weighted by Crippen LogP contribution is -1.83. The lowest BCUT2D eigenvalue weighted by Gasteiger charge is -2.07. The highest BCUT2D eigenvalue weighted by Crippen LogP contribution is 2.47. The molecule has 0 atom stereocenters. The van der Waals surface area contributed by atoms with E-state index in [0.717, 1.165) is 12.8 Å². The average Bonchev–Trinajstić information content (AvgIpc) is 2.36. The fourth-order valence-electron chi connectivity index (χ4n) is 1.62. The number of rotatable bonds is 11. The predicted octanol–water partition coefficient (Wildman–Crippen LogP) is 5.13. The molecule has 0 aliphatic rings. The third kappa shape index (κ3) is 9.58. The van der Waals surface area contributed by atoms with Crippen LogP contribution in [0.15, 0.2) is 11.9 Å². The van der Waals surface area contributed by atoms with Crippen LogP contribution >= 0.6 is 7.60 Å². The zero-order chi connectivity index (χ0) is 13.0. The topological polar surface area (TPSA) is 35.5 Å². The Balaban J connectivity index is 3.45. The van der Waals surface area contributed by atoms with Gasteiger partial charge in [-0.05, 0) is 12.8 Å². The first-order valence-corrected chi connectivity index (χ1v) is 8.18. The zero-order valence-corrected chi connectivity index (χ0v) is 12.4.